The van der Waals surface area contributed by atoms with Crippen LogP contribution < -0.4 is 15.8 Å². The third-order valence-electron chi connectivity index (χ3n) is 2.40. The van der Waals surface area contributed by atoms with E-state index in [-0.39, 0.29) is 0 Å². The van der Waals surface area contributed by atoms with E-state index in [9.17, 15) is 0 Å². The number of alkyl halides is 1. The van der Waals surface area contributed by atoms with Gasteiger partial charge in [0.25, 0.3) is 0 Å². The van der Waals surface area contributed by atoms with Crippen LogP contribution in [0, 0.1) is 0 Å². The lowest BCUT2D eigenvalue weighted by Crippen LogP contribution is -1.98. The fourth-order valence-electron chi connectivity index (χ4n) is 1.52. The molecule has 4 heteroatoms. The summed E-state index contributed by atoms with van der Waals surface area (Å²) in [6.45, 7) is 0.520. The number of nitrogens with two attached hydrogens (primary N) is 1. The summed E-state index contributed by atoms with van der Waals surface area (Å²) in [4.78, 5) is 0. The van der Waals surface area contributed by atoms with E-state index in [0.29, 0.717) is 12.5 Å². The van der Waals surface area contributed by atoms with Crippen molar-refractivity contribution in [1.29, 1.82) is 0 Å². The molecular weight excluding hydrogens is 248 g/mol. The minimum absolute atomic E-state index is 0.492. The molecule has 0 unspecified atom stereocenters. The van der Waals surface area contributed by atoms with Crippen LogP contribution in [0.4, 0.5) is 17.1 Å². The van der Waals surface area contributed by atoms with E-state index in [0.717, 1.165) is 22.8 Å². The summed E-state index contributed by atoms with van der Waals surface area (Å²) in [5, 5.41) is 3.28. The van der Waals surface area contributed by atoms with Crippen LogP contribution in [0.2, 0.25) is 0 Å². The van der Waals surface area contributed by atoms with Crippen molar-refractivity contribution in [3.8, 4) is 5.75 Å². The molecule has 0 aliphatic rings. The zero-order valence-corrected chi connectivity index (χ0v) is 10.7. The molecule has 0 aromatic heterocycles. The Kier molecular flexibility index (Phi) is 4.31. The largest absolute Gasteiger partial charge is 0.492 e. The van der Waals surface area contributed by atoms with E-state index in [4.69, 9.17) is 22.1 Å². The lowest BCUT2D eigenvalue weighted by atomic mass is 10.2. The molecule has 2 aromatic carbocycles. The summed E-state index contributed by atoms with van der Waals surface area (Å²) in [6.07, 6.45) is 0. The number of nitrogen functional groups attached to an aromatic ring is 1. The van der Waals surface area contributed by atoms with E-state index < -0.39 is 0 Å². The Morgan fingerprint density at radius 2 is 1.50 bits per heavy atom. The number of benzene rings is 2. The molecule has 3 nitrogen and oxygen atoms in total. The van der Waals surface area contributed by atoms with Gasteiger partial charge in [-0.25, -0.2) is 0 Å². The number of hydrogen-bond donors (Lipinski definition) is 2. The first-order valence-corrected chi connectivity index (χ1v) is 6.23. The van der Waals surface area contributed by atoms with Crippen molar-refractivity contribution in [2.75, 3.05) is 23.5 Å². The molecule has 0 amide bonds. The quantitative estimate of drug-likeness (QED) is 0.639. The SMILES string of the molecule is Nc1ccc(Nc2ccc(OCCCl)cc2)cc1. The Bertz CT molecular complexity index is 482. The molecule has 3 N–H and O–H groups in total. The fourth-order valence-corrected chi connectivity index (χ4v) is 1.60. The zero-order valence-electron chi connectivity index (χ0n) is 9.90. The van der Waals surface area contributed by atoms with Crippen LogP contribution >= 0.6 is 11.6 Å². The highest BCUT2D eigenvalue weighted by Crippen LogP contribution is 2.20. The Labute approximate surface area is 112 Å². The summed E-state index contributed by atoms with van der Waals surface area (Å²) < 4.78 is 5.40. The lowest BCUT2D eigenvalue weighted by Gasteiger charge is -2.08. The normalized spacial score (nSPS) is 10.1. The molecule has 0 heterocycles. The summed E-state index contributed by atoms with van der Waals surface area (Å²) in [5.74, 6) is 1.31. The number of rotatable bonds is 5. The average Bonchev–Trinajstić information content (AvgIpc) is 2.41. The molecule has 0 atom stereocenters. The standard InChI is InChI=1S/C14H15ClN2O/c15-9-10-18-14-7-5-13(6-8-14)17-12-3-1-11(16)2-4-12/h1-8,17H,9-10,16H2. The van der Waals surface area contributed by atoms with Crippen LogP contribution in [0.1, 0.15) is 0 Å². The van der Waals surface area contributed by atoms with E-state index in [2.05, 4.69) is 5.32 Å². The van der Waals surface area contributed by atoms with Crippen LogP contribution in [0.3, 0.4) is 0 Å². The second-order valence-electron chi connectivity index (χ2n) is 3.81. The van der Waals surface area contributed by atoms with Gasteiger partial charge >= 0.3 is 0 Å². The predicted molar refractivity (Wildman–Crippen MR) is 76.8 cm³/mol. The molecule has 2 aromatic rings. The second-order valence-corrected chi connectivity index (χ2v) is 4.19. The first kappa shape index (κ1) is 12.6. The first-order valence-electron chi connectivity index (χ1n) is 5.69. The van der Waals surface area contributed by atoms with Crippen molar-refractivity contribution >= 4 is 28.7 Å². The minimum Gasteiger partial charge on any atom is -0.492 e. The van der Waals surface area contributed by atoms with E-state index in [1.165, 1.54) is 0 Å². The van der Waals surface area contributed by atoms with Crippen LogP contribution in [0.5, 0.6) is 5.75 Å². The maximum Gasteiger partial charge on any atom is 0.119 e. The first-order chi connectivity index (χ1) is 8.78. The summed E-state index contributed by atoms with van der Waals surface area (Å²) >= 11 is 5.56. The zero-order chi connectivity index (χ0) is 12.8. The maximum atomic E-state index is 5.63. The van der Waals surface area contributed by atoms with Gasteiger partial charge in [-0.15, -0.1) is 11.6 Å². The third kappa shape index (κ3) is 3.57. The molecular formula is C14H15ClN2O. The number of halogens is 1. The van der Waals surface area contributed by atoms with Gasteiger partial charge in [-0.3, -0.25) is 0 Å². The van der Waals surface area contributed by atoms with Crippen molar-refractivity contribution in [3.63, 3.8) is 0 Å². The third-order valence-corrected chi connectivity index (χ3v) is 2.55. The summed E-state index contributed by atoms with van der Waals surface area (Å²) in [5.41, 5.74) is 8.38. The van der Waals surface area contributed by atoms with Crippen LogP contribution in [0.15, 0.2) is 48.5 Å². The van der Waals surface area contributed by atoms with Gasteiger partial charge in [0.05, 0.1) is 5.88 Å². The van der Waals surface area contributed by atoms with Gasteiger partial charge < -0.3 is 15.8 Å². The second kappa shape index (κ2) is 6.17. The van der Waals surface area contributed by atoms with Gasteiger partial charge in [0.15, 0.2) is 0 Å². The number of hydrogen-bond acceptors (Lipinski definition) is 3. The Balaban J connectivity index is 1.99. The molecule has 94 valence electrons. The number of nitrogens with one attached hydrogen (secondary N) is 1. The molecule has 0 aliphatic carbocycles. The van der Waals surface area contributed by atoms with Crippen LogP contribution in [-0.2, 0) is 0 Å². The van der Waals surface area contributed by atoms with Gasteiger partial charge in [-0.1, -0.05) is 0 Å². The van der Waals surface area contributed by atoms with Crippen molar-refractivity contribution < 1.29 is 4.74 Å². The van der Waals surface area contributed by atoms with Gasteiger partial charge in [-0.2, -0.15) is 0 Å². The minimum atomic E-state index is 0.492. The number of anilines is 3. The molecule has 0 spiro atoms. The highest BCUT2D eigenvalue weighted by Gasteiger charge is 1.96. The maximum absolute atomic E-state index is 5.63. The highest BCUT2D eigenvalue weighted by molar-refractivity contribution is 6.18. The molecule has 0 radical (unpaired) electrons. The fraction of sp³-hybridized carbons (Fsp3) is 0.143. The molecule has 0 aliphatic heterocycles. The Hall–Kier alpha value is -1.87. The molecule has 0 saturated heterocycles. The van der Waals surface area contributed by atoms with Crippen LogP contribution in [0.25, 0.3) is 0 Å². The number of ether oxygens (including phenoxy) is 1. The van der Waals surface area contributed by atoms with E-state index in [1.54, 1.807) is 0 Å². The topological polar surface area (TPSA) is 47.3 Å². The van der Waals surface area contributed by atoms with Crippen LogP contribution in [-0.4, -0.2) is 12.5 Å². The van der Waals surface area contributed by atoms with Crippen molar-refractivity contribution in [3.05, 3.63) is 48.5 Å². The summed E-state index contributed by atoms with van der Waals surface area (Å²) in [6, 6.07) is 15.3. The Morgan fingerprint density at radius 3 is 2.06 bits per heavy atom. The highest BCUT2D eigenvalue weighted by atomic mass is 35.5. The predicted octanol–water partition coefficient (Wildman–Crippen LogP) is 3.63. The average molecular weight is 263 g/mol. The molecule has 0 fully saturated rings. The van der Waals surface area contributed by atoms with E-state index >= 15 is 0 Å². The van der Waals surface area contributed by atoms with Crippen molar-refractivity contribution in [1.82, 2.24) is 0 Å². The molecule has 2 rings (SSSR count). The summed E-state index contributed by atoms with van der Waals surface area (Å²) in [7, 11) is 0. The van der Waals surface area contributed by atoms with Gasteiger partial charge in [-0.05, 0) is 48.5 Å². The Morgan fingerprint density at radius 1 is 0.944 bits per heavy atom. The molecule has 0 bridgehead atoms. The smallest absolute Gasteiger partial charge is 0.119 e. The van der Waals surface area contributed by atoms with E-state index in [1.807, 2.05) is 48.5 Å². The molecule has 18 heavy (non-hydrogen) atoms. The van der Waals surface area contributed by atoms with Gasteiger partial charge in [0.1, 0.15) is 12.4 Å². The van der Waals surface area contributed by atoms with Gasteiger partial charge in [0.2, 0.25) is 0 Å². The lowest BCUT2D eigenvalue weighted by molar-refractivity contribution is 0.343. The molecule has 0 saturated carbocycles. The van der Waals surface area contributed by atoms with Crippen molar-refractivity contribution in [2.45, 2.75) is 0 Å². The van der Waals surface area contributed by atoms with Crippen molar-refractivity contribution in [2.24, 2.45) is 0 Å². The monoisotopic (exact) mass is 262 g/mol. The van der Waals surface area contributed by atoms with Gasteiger partial charge in [0, 0.05) is 17.1 Å².